The molecule has 4 rings (SSSR count). The summed E-state index contributed by atoms with van der Waals surface area (Å²) in [6.45, 7) is 5.70. The Morgan fingerprint density at radius 2 is 1.69 bits per heavy atom. The minimum Gasteiger partial charge on any atom is -0.458 e. The Morgan fingerprint density at radius 3 is 2.41 bits per heavy atom. The maximum Gasteiger partial charge on any atom is 0.335 e. The van der Waals surface area contributed by atoms with Crippen molar-refractivity contribution in [3.05, 3.63) is 83.9 Å². The van der Waals surface area contributed by atoms with E-state index in [9.17, 15) is 4.79 Å². The molecule has 3 aromatic carbocycles. The van der Waals surface area contributed by atoms with Gasteiger partial charge < -0.3 is 4.74 Å². The first-order valence-corrected chi connectivity index (χ1v) is 10.8. The number of ether oxygens (including phenoxy) is 1. The van der Waals surface area contributed by atoms with Crippen molar-refractivity contribution in [3.8, 4) is 0 Å². The topological polar surface area (TPSA) is 38.7 Å². The van der Waals surface area contributed by atoms with Gasteiger partial charge in [0.05, 0.1) is 5.04 Å². The van der Waals surface area contributed by atoms with E-state index in [-0.39, 0.29) is 5.97 Å². The van der Waals surface area contributed by atoms with Crippen LogP contribution in [0.25, 0.3) is 10.8 Å². The van der Waals surface area contributed by atoms with Crippen molar-refractivity contribution in [1.82, 2.24) is 0 Å². The molecule has 0 spiro atoms. The highest BCUT2D eigenvalue weighted by Gasteiger charge is 2.46. The van der Waals surface area contributed by atoms with Crippen LogP contribution in [0.1, 0.15) is 31.9 Å². The molecule has 1 atom stereocenters. The molecule has 0 unspecified atom stereocenters. The first-order chi connectivity index (χ1) is 13.8. The van der Waals surface area contributed by atoms with Crippen LogP contribution in [-0.4, -0.2) is 27.9 Å². The summed E-state index contributed by atoms with van der Waals surface area (Å²) in [6, 6.07) is 24.7. The highest BCUT2D eigenvalue weighted by Crippen LogP contribution is 2.36. The fraction of sp³-hybridized carbons (Fsp3) is 0.280. The number of nitrogens with zero attached hydrogens (tertiary/aromatic N) is 1. The summed E-state index contributed by atoms with van der Waals surface area (Å²) in [4.78, 5) is 18.2. The van der Waals surface area contributed by atoms with Crippen LogP contribution in [0.3, 0.4) is 0 Å². The number of esters is 1. The third-order valence-corrected chi connectivity index (χ3v) is 6.10. The first-order valence-electron chi connectivity index (χ1n) is 9.84. The van der Waals surface area contributed by atoms with Crippen molar-refractivity contribution in [2.24, 2.45) is 4.99 Å². The lowest BCUT2D eigenvalue weighted by molar-refractivity contribution is -0.160. The maximum absolute atomic E-state index is 13.3. The molecule has 0 fully saturated rings. The van der Waals surface area contributed by atoms with Crippen molar-refractivity contribution in [2.75, 3.05) is 5.75 Å². The summed E-state index contributed by atoms with van der Waals surface area (Å²) in [5, 5.41) is 3.26. The Morgan fingerprint density at radius 1 is 1.00 bits per heavy atom. The van der Waals surface area contributed by atoms with Gasteiger partial charge in [-0.2, -0.15) is 0 Å². The summed E-state index contributed by atoms with van der Waals surface area (Å²) in [6.07, 6.45) is 0.524. The van der Waals surface area contributed by atoms with Gasteiger partial charge in [-0.15, -0.1) is 11.8 Å². The molecule has 0 N–H and O–H groups in total. The predicted molar refractivity (Wildman–Crippen MR) is 122 cm³/mol. The van der Waals surface area contributed by atoms with Gasteiger partial charge in [0, 0.05) is 17.7 Å². The molecule has 0 amide bonds. The van der Waals surface area contributed by atoms with Gasteiger partial charge in [0.15, 0.2) is 5.54 Å². The molecule has 148 valence electrons. The Balaban J connectivity index is 1.72. The van der Waals surface area contributed by atoms with Crippen molar-refractivity contribution < 1.29 is 9.53 Å². The van der Waals surface area contributed by atoms with Gasteiger partial charge in [-0.25, -0.2) is 4.79 Å². The first kappa shape index (κ1) is 19.7. The Hall–Kier alpha value is -2.59. The minimum absolute atomic E-state index is 0.253. The molecule has 1 aliphatic rings. The molecule has 0 saturated carbocycles. The molecule has 0 bridgehead atoms. The average molecular weight is 404 g/mol. The monoisotopic (exact) mass is 403 g/mol. The third-order valence-electron chi connectivity index (χ3n) is 4.87. The van der Waals surface area contributed by atoms with E-state index in [1.54, 1.807) is 11.8 Å². The van der Waals surface area contributed by atoms with Gasteiger partial charge in [0.1, 0.15) is 5.60 Å². The molecule has 29 heavy (non-hydrogen) atoms. The van der Waals surface area contributed by atoms with Crippen molar-refractivity contribution in [2.45, 2.75) is 38.3 Å². The Kier molecular flexibility index (Phi) is 5.22. The lowest BCUT2D eigenvalue weighted by Gasteiger charge is -2.29. The lowest BCUT2D eigenvalue weighted by atomic mass is 9.91. The van der Waals surface area contributed by atoms with Crippen molar-refractivity contribution >= 4 is 33.5 Å². The molecule has 1 heterocycles. The van der Waals surface area contributed by atoms with Crippen LogP contribution >= 0.6 is 11.8 Å². The van der Waals surface area contributed by atoms with Gasteiger partial charge in [0.2, 0.25) is 0 Å². The van der Waals surface area contributed by atoms with E-state index in [0.29, 0.717) is 12.2 Å². The average Bonchev–Trinajstić information content (AvgIpc) is 3.13. The summed E-state index contributed by atoms with van der Waals surface area (Å²) in [5.41, 5.74) is 0.670. The number of hydrogen-bond donors (Lipinski definition) is 0. The van der Waals surface area contributed by atoms with Crippen LogP contribution in [0.2, 0.25) is 0 Å². The quantitative estimate of drug-likeness (QED) is 0.528. The molecule has 0 aromatic heterocycles. The molecular formula is C25H25NO2S. The smallest absolute Gasteiger partial charge is 0.335 e. The van der Waals surface area contributed by atoms with E-state index < -0.39 is 11.1 Å². The number of fused-ring (bicyclic) bond motifs is 1. The van der Waals surface area contributed by atoms with E-state index in [1.165, 1.54) is 10.8 Å². The third kappa shape index (κ3) is 4.38. The molecule has 4 heteroatoms. The van der Waals surface area contributed by atoms with Crippen LogP contribution < -0.4 is 0 Å². The number of carbonyl (C=O) groups is 1. The number of hydrogen-bond acceptors (Lipinski definition) is 4. The predicted octanol–water partition coefficient (Wildman–Crippen LogP) is 5.66. The Labute approximate surface area is 176 Å². The van der Waals surface area contributed by atoms with Crippen LogP contribution in [0, 0.1) is 0 Å². The SMILES string of the molecule is CC(C)(C)OC(=O)[C@]1(Cc2ccc3ccccc3c2)CSC(c2ccccc2)=N1. The summed E-state index contributed by atoms with van der Waals surface area (Å²) in [7, 11) is 0. The molecule has 0 radical (unpaired) electrons. The maximum atomic E-state index is 13.3. The van der Waals surface area contributed by atoms with Crippen molar-refractivity contribution in [3.63, 3.8) is 0 Å². The van der Waals surface area contributed by atoms with Crippen LogP contribution in [0.5, 0.6) is 0 Å². The van der Waals surface area contributed by atoms with Crippen molar-refractivity contribution in [1.29, 1.82) is 0 Å². The largest absolute Gasteiger partial charge is 0.458 e. The Bertz CT molecular complexity index is 1070. The molecular weight excluding hydrogens is 378 g/mol. The summed E-state index contributed by atoms with van der Waals surface area (Å²) >= 11 is 1.63. The van der Waals surface area contributed by atoms with Crippen LogP contribution in [-0.2, 0) is 16.0 Å². The zero-order valence-corrected chi connectivity index (χ0v) is 17.8. The fourth-order valence-corrected chi connectivity index (χ4v) is 4.70. The van der Waals surface area contributed by atoms with Gasteiger partial charge >= 0.3 is 5.97 Å². The second-order valence-electron chi connectivity index (χ2n) is 8.46. The fourth-order valence-electron chi connectivity index (χ4n) is 3.50. The van der Waals surface area contributed by atoms with E-state index >= 15 is 0 Å². The van der Waals surface area contributed by atoms with E-state index in [4.69, 9.17) is 9.73 Å². The van der Waals surface area contributed by atoms with Gasteiger partial charge in [-0.3, -0.25) is 4.99 Å². The van der Waals surface area contributed by atoms with Crippen LogP contribution in [0.4, 0.5) is 0 Å². The summed E-state index contributed by atoms with van der Waals surface area (Å²) in [5.74, 6) is 0.329. The van der Waals surface area contributed by atoms with E-state index in [0.717, 1.165) is 16.2 Å². The zero-order chi connectivity index (χ0) is 20.5. The second-order valence-corrected chi connectivity index (χ2v) is 9.43. The number of thioether (sulfide) groups is 1. The number of carbonyl (C=O) groups excluding carboxylic acids is 1. The standard InChI is InChI=1S/C25H25NO2S/c1-24(2,3)28-23(27)25(17-29-22(26-25)20-10-5-4-6-11-20)16-18-13-14-19-9-7-8-12-21(19)15-18/h4-15H,16-17H2,1-3H3/t25-/m0/s1. The van der Waals surface area contributed by atoms with E-state index in [1.807, 2.05) is 63.2 Å². The second kappa shape index (κ2) is 7.68. The van der Waals surface area contributed by atoms with Gasteiger partial charge in [0.25, 0.3) is 0 Å². The molecule has 0 saturated heterocycles. The number of aliphatic imine (C=N–C) groups is 1. The highest BCUT2D eigenvalue weighted by molar-refractivity contribution is 8.14. The van der Waals surface area contributed by atoms with Gasteiger partial charge in [-0.1, -0.05) is 72.8 Å². The number of benzene rings is 3. The lowest BCUT2D eigenvalue weighted by Crippen LogP contribution is -2.44. The summed E-state index contributed by atoms with van der Waals surface area (Å²) < 4.78 is 5.81. The normalized spacial score (nSPS) is 19.2. The molecule has 0 aliphatic carbocycles. The van der Waals surface area contributed by atoms with E-state index in [2.05, 4.69) is 30.3 Å². The number of rotatable bonds is 4. The highest BCUT2D eigenvalue weighted by atomic mass is 32.2. The minimum atomic E-state index is -0.911. The molecule has 1 aliphatic heterocycles. The molecule has 3 aromatic rings. The van der Waals surface area contributed by atoms with Gasteiger partial charge in [-0.05, 0) is 37.1 Å². The molecule has 3 nitrogen and oxygen atoms in total. The zero-order valence-electron chi connectivity index (χ0n) is 17.0. The van der Waals surface area contributed by atoms with Crippen LogP contribution in [0.15, 0.2) is 77.8 Å².